The van der Waals surface area contributed by atoms with Gasteiger partial charge in [0.15, 0.2) is 0 Å². The monoisotopic (exact) mass is 489 g/mol. The largest absolute Gasteiger partial charge is 0.480 e. The van der Waals surface area contributed by atoms with Gasteiger partial charge in [0.1, 0.15) is 6.04 Å². The third-order valence-electron chi connectivity index (χ3n) is 5.43. The number of aliphatic carboxylic acids is 1. The van der Waals surface area contributed by atoms with Crippen LogP contribution in [0.2, 0.25) is 0 Å². The number of unbranched alkanes of at least 4 members (excludes halogenated alkanes) is 2. The molecule has 0 bridgehead atoms. The Morgan fingerprint density at radius 1 is 0.941 bits per heavy atom. The predicted molar refractivity (Wildman–Crippen MR) is 131 cm³/mol. The van der Waals surface area contributed by atoms with Gasteiger partial charge in [-0.15, -0.1) is 0 Å². The molecule has 2 unspecified atom stereocenters. The fourth-order valence-electron chi connectivity index (χ4n) is 3.33. The van der Waals surface area contributed by atoms with Crippen molar-refractivity contribution in [1.29, 1.82) is 0 Å². The van der Waals surface area contributed by atoms with Gasteiger partial charge in [0.25, 0.3) is 0 Å². The van der Waals surface area contributed by atoms with Gasteiger partial charge in [-0.05, 0) is 52.0 Å². The average Bonchev–Trinajstić information content (AvgIpc) is 2.74. The standard InChI is InChI=1S/C24H47N3O7/c1-5-6-14-33-16-17-34-15-11-21(28)27-24(3,4)12-8-7-9-20(22(29)30)26-18-19(2)10-13-25-23(31)32/h19-20,25-26H,5-18H2,1-4H3,(H,27,28)(H,29,30)(H,31,32). The van der Waals surface area contributed by atoms with Crippen molar-refractivity contribution < 1.29 is 34.1 Å². The molecule has 0 aromatic rings. The average molecular weight is 490 g/mol. The first-order chi connectivity index (χ1) is 16.1. The molecule has 10 nitrogen and oxygen atoms in total. The summed E-state index contributed by atoms with van der Waals surface area (Å²) in [4.78, 5) is 34.2. The first kappa shape index (κ1) is 32.1. The minimum Gasteiger partial charge on any atom is -0.480 e. The van der Waals surface area contributed by atoms with Crippen molar-refractivity contribution in [3.05, 3.63) is 0 Å². The molecular weight excluding hydrogens is 442 g/mol. The van der Waals surface area contributed by atoms with E-state index >= 15 is 0 Å². The number of carboxylic acids is 1. The molecular formula is C24H47N3O7. The minimum atomic E-state index is -1.06. The molecule has 0 aliphatic rings. The summed E-state index contributed by atoms with van der Waals surface area (Å²) in [5, 5.41) is 26.5. The molecule has 0 aliphatic carbocycles. The number of carbonyl (C=O) groups excluding carboxylic acids is 1. The zero-order valence-electron chi connectivity index (χ0n) is 21.5. The van der Waals surface area contributed by atoms with Crippen molar-refractivity contribution in [2.45, 2.75) is 90.6 Å². The number of hydrogen-bond donors (Lipinski definition) is 5. The predicted octanol–water partition coefficient (Wildman–Crippen LogP) is 3.00. The molecule has 0 heterocycles. The third-order valence-corrected chi connectivity index (χ3v) is 5.43. The number of hydrogen-bond acceptors (Lipinski definition) is 6. The van der Waals surface area contributed by atoms with Crippen LogP contribution in [0.3, 0.4) is 0 Å². The van der Waals surface area contributed by atoms with Crippen LogP contribution >= 0.6 is 0 Å². The van der Waals surface area contributed by atoms with E-state index in [1.165, 1.54) is 0 Å². The zero-order valence-corrected chi connectivity index (χ0v) is 21.5. The molecule has 2 atom stereocenters. The summed E-state index contributed by atoms with van der Waals surface area (Å²) in [5.74, 6) is -0.798. The summed E-state index contributed by atoms with van der Waals surface area (Å²) in [7, 11) is 0. The molecule has 0 rings (SSSR count). The molecule has 0 fully saturated rings. The summed E-state index contributed by atoms with van der Waals surface area (Å²) in [6.07, 6.45) is 4.77. The topological polar surface area (TPSA) is 146 Å². The van der Waals surface area contributed by atoms with Gasteiger partial charge in [-0.2, -0.15) is 0 Å². The van der Waals surface area contributed by atoms with Crippen LogP contribution in [0.5, 0.6) is 0 Å². The van der Waals surface area contributed by atoms with Crippen LogP contribution in [0.4, 0.5) is 4.79 Å². The minimum absolute atomic E-state index is 0.0617. The van der Waals surface area contributed by atoms with Gasteiger partial charge in [0, 0.05) is 25.1 Å². The van der Waals surface area contributed by atoms with E-state index in [4.69, 9.17) is 14.6 Å². The second kappa shape index (κ2) is 19.4. The Morgan fingerprint density at radius 2 is 1.62 bits per heavy atom. The Bertz CT molecular complexity index is 573. The highest BCUT2D eigenvalue weighted by molar-refractivity contribution is 5.76. The van der Waals surface area contributed by atoms with E-state index in [9.17, 15) is 19.5 Å². The first-order valence-electron chi connectivity index (χ1n) is 12.5. The fraction of sp³-hybridized carbons (Fsp3) is 0.875. The van der Waals surface area contributed by atoms with Gasteiger partial charge >= 0.3 is 12.1 Å². The van der Waals surface area contributed by atoms with Gasteiger partial charge in [-0.3, -0.25) is 9.59 Å². The lowest BCUT2D eigenvalue weighted by Crippen LogP contribution is -2.43. The molecule has 34 heavy (non-hydrogen) atoms. The number of carboxylic acid groups (broad SMARTS) is 2. The van der Waals surface area contributed by atoms with Crippen molar-refractivity contribution in [1.82, 2.24) is 16.0 Å². The molecule has 0 radical (unpaired) electrons. The first-order valence-corrected chi connectivity index (χ1v) is 12.5. The number of amides is 2. The smallest absolute Gasteiger partial charge is 0.404 e. The van der Waals surface area contributed by atoms with Gasteiger partial charge in [0.2, 0.25) is 5.91 Å². The Balaban J connectivity index is 4.02. The normalized spacial score (nSPS) is 13.3. The molecule has 0 aliphatic heterocycles. The van der Waals surface area contributed by atoms with E-state index in [0.717, 1.165) is 38.7 Å². The SMILES string of the molecule is CCCCOCCOCCC(=O)NC(C)(C)CCCCC(NCC(C)CCNC(=O)O)C(=O)O. The Hall–Kier alpha value is -1.91. The molecule has 0 aromatic carbocycles. The van der Waals surface area contributed by atoms with Crippen molar-refractivity contribution >= 4 is 18.0 Å². The van der Waals surface area contributed by atoms with Crippen LogP contribution in [0, 0.1) is 5.92 Å². The lowest BCUT2D eigenvalue weighted by molar-refractivity contribution is -0.139. The van der Waals surface area contributed by atoms with E-state index in [0.29, 0.717) is 52.2 Å². The van der Waals surface area contributed by atoms with Crippen LogP contribution in [0.1, 0.15) is 79.1 Å². The highest BCUT2D eigenvalue weighted by atomic mass is 16.5. The second-order valence-corrected chi connectivity index (χ2v) is 9.43. The van der Waals surface area contributed by atoms with Gasteiger partial charge in [-0.25, -0.2) is 4.79 Å². The van der Waals surface area contributed by atoms with Crippen LogP contribution in [0.15, 0.2) is 0 Å². The van der Waals surface area contributed by atoms with Gasteiger partial charge in [-0.1, -0.05) is 33.1 Å². The van der Waals surface area contributed by atoms with Crippen LogP contribution in [-0.4, -0.2) is 79.3 Å². The molecule has 200 valence electrons. The van der Waals surface area contributed by atoms with Gasteiger partial charge < -0.3 is 35.6 Å². The quantitative estimate of drug-likeness (QED) is 0.146. The number of carbonyl (C=O) groups is 3. The summed E-state index contributed by atoms with van der Waals surface area (Å²) in [5.41, 5.74) is -0.377. The molecule has 0 saturated carbocycles. The Morgan fingerprint density at radius 3 is 2.24 bits per heavy atom. The summed E-state index contributed by atoms with van der Waals surface area (Å²) < 4.78 is 10.8. The second-order valence-electron chi connectivity index (χ2n) is 9.43. The van der Waals surface area contributed by atoms with Crippen LogP contribution < -0.4 is 16.0 Å². The highest BCUT2D eigenvalue weighted by Gasteiger charge is 2.21. The molecule has 0 saturated heterocycles. The lowest BCUT2D eigenvalue weighted by atomic mass is 9.95. The Kier molecular flexibility index (Phi) is 18.3. The maximum Gasteiger partial charge on any atom is 0.404 e. The maximum absolute atomic E-state index is 12.2. The molecule has 2 amide bonds. The van der Waals surface area contributed by atoms with Crippen molar-refractivity contribution in [3.8, 4) is 0 Å². The number of nitrogens with one attached hydrogen (secondary N) is 3. The van der Waals surface area contributed by atoms with E-state index in [1.54, 1.807) is 0 Å². The maximum atomic E-state index is 12.2. The van der Waals surface area contributed by atoms with E-state index in [2.05, 4.69) is 22.9 Å². The number of rotatable bonds is 22. The zero-order chi connectivity index (χ0) is 25.8. The van der Waals surface area contributed by atoms with Crippen LogP contribution in [0.25, 0.3) is 0 Å². The van der Waals surface area contributed by atoms with E-state index in [-0.39, 0.29) is 17.4 Å². The van der Waals surface area contributed by atoms with Crippen molar-refractivity contribution in [3.63, 3.8) is 0 Å². The van der Waals surface area contributed by atoms with Crippen molar-refractivity contribution in [2.75, 3.05) is 39.5 Å². The summed E-state index contributed by atoms with van der Waals surface area (Å²) >= 11 is 0. The summed E-state index contributed by atoms with van der Waals surface area (Å²) in [6.45, 7) is 11.0. The molecule has 0 spiro atoms. The number of ether oxygens (including phenoxy) is 2. The molecule has 5 N–H and O–H groups in total. The third kappa shape index (κ3) is 19.5. The highest BCUT2D eigenvalue weighted by Crippen LogP contribution is 2.15. The fourth-order valence-corrected chi connectivity index (χ4v) is 3.33. The van der Waals surface area contributed by atoms with E-state index in [1.807, 2.05) is 20.8 Å². The Labute approximate surface area is 204 Å². The van der Waals surface area contributed by atoms with Crippen molar-refractivity contribution in [2.24, 2.45) is 5.92 Å². The molecule has 10 heteroatoms. The lowest BCUT2D eigenvalue weighted by Gasteiger charge is -2.26. The van der Waals surface area contributed by atoms with Gasteiger partial charge in [0.05, 0.1) is 19.8 Å². The summed E-state index contributed by atoms with van der Waals surface area (Å²) in [6, 6.07) is -0.643. The molecule has 0 aromatic heterocycles. The van der Waals surface area contributed by atoms with Crippen LogP contribution in [-0.2, 0) is 19.1 Å². The van der Waals surface area contributed by atoms with E-state index < -0.39 is 18.1 Å².